The molecule has 1 aromatic rings. The van der Waals surface area contributed by atoms with Gasteiger partial charge < -0.3 is 10.2 Å². The first-order valence-corrected chi connectivity index (χ1v) is 5.96. The van der Waals surface area contributed by atoms with Crippen LogP contribution in [-0.2, 0) is 4.79 Å². The summed E-state index contributed by atoms with van der Waals surface area (Å²) in [4.78, 5) is 11.9. The molecule has 94 valence electrons. The molecule has 1 fully saturated rings. The van der Waals surface area contributed by atoms with Crippen LogP contribution in [0.3, 0.4) is 0 Å². The van der Waals surface area contributed by atoms with Crippen LogP contribution >= 0.6 is 0 Å². The standard InChI is InChI=1S/C11H18N4O2/c1-6(2)8(5-12)9(16)13-11-15-14-10(17-11)7-3-4-7/h6-8H,3-5,12H2,1-2H3,(H,13,15,16). The maximum atomic E-state index is 11.9. The number of anilines is 1. The highest BCUT2D eigenvalue weighted by atomic mass is 16.4. The third-order valence-corrected chi connectivity index (χ3v) is 2.99. The molecule has 6 nitrogen and oxygen atoms in total. The number of nitrogens with zero attached hydrogens (tertiary/aromatic N) is 2. The third-order valence-electron chi connectivity index (χ3n) is 2.99. The van der Waals surface area contributed by atoms with E-state index in [9.17, 15) is 4.79 Å². The van der Waals surface area contributed by atoms with Gasteiger partial charge in [-0.3, -0.25) is 10.1 Å². The van der Waals surface area contributed by atoms with Crippen LogP contribution in [0.5, 0.6) is 0 Å². The van der Waals surface area contributed by atoms with Gasteiger partial charge in [-0.05, 0) is 18.8 Å². The lowest BCUT2D eigenvalue weighted by Gasteiger charge is -2.16. The molecule has 1 amide bonds. The third kappa shape index (κ3) is 2.82. The largest absolute Gasteiger partial charge is 0.408 e. The van der Waals surface area contributed by atoms with E-state index in [0.717, 1.165) is 12.8 Å². The van der Waals surface area contributed by atoms with E-state index >= 15 is 0 Å². The van der Waals surface area contributed by atoms with Crippen molar-refractivity contribution in [1.82, 2.24) is 10.2 Å². The second kappa shape index (κ2) is 4.83. The SMILES string of the molecule is CC(C)C(CN)C(=O)Nc1nnc(C2CC2)o1. The van der Waals surface area contributed by atoms with Gasteiger partial charge in [-0.2, -0.15) is 0 Å². The molecular weight excluding hydrogens is 220 g/mol. The van der Waals surface area contributed by atoms with Crippen LogP contribution in [0.25, 0.3) is 0 Å². The molecule has 2 rings (SSSR count). The highest BCUT2D eigenvalue weighted by Crippen LogP contribution is 2.39. The summed E-state index contributed by atoms with van der Waals surface area (Å²) in [6.07, 6.45) is 2.18. The van der Waals surface area contributed by atoms with Crippen molar-refractivity contribution in [3.05, 3.63) is 5.89 Å². The van der Waals surface area contributed by atoms with Crippen molar-refractivity contribution in [2.24, 2.45) is 17.6 Å². The molecule has 1 aliphatic carbocycles. The highest BCUT2D eigenvalue weighted by Gasteiger charge is 2.30. The average molecular weight is 238 g/mol. The van der Waals surface area contributed by atoms with E-state index in [2.05, 4.69) is 15.5 Å². The molecule has 6 heteroatoms. The molecule has 3 N–H and O–H groups in total. The molecular formula is C11H18N4O2. The first-order chi connectivity index (χ1) is 8.11. The van der Waals surface area contributed by atoms with Crippen LogP contribution in [0.4, 0.5) is 6.01 Å². The van der Waals surface area contributed by atoms with Gasteiger partial charge in [-0.1, -0.05) is 18.9 Å². The Balaban J connectivity index is 1.96. The van der Waals surface area contributed by atoms with Gasteiger partial charge in [0.25, 0.3) is 0 Å². The molecule has 1 aromatic heterocycles. The van der Waals surface area contributed by atoms with Crippen LogP contribution in [-0.4, -0.2) is 22.6 Å². The summed E-state index contributed by atoms with van der Waals surface area (Å²) in [5, 5.41) is 10.3. The van der Waals surface area contributed by atoms with E-state index in [1.807, 2.05) is 13.8 Å². The molecule has 0 aromatic carbocycles. The number of aromatic nitrogens is 2. The molecule has 1 atom stereocenters. The van der Waals surface area contributed by atoms with Gasteiger partial charge in [-0.15, -0.1) is 5.10 Å². The lowest BCUT2D eigenvalue weighted by Crippen LogP contribution is -2.33. The minimum atomic E-state index is -0.230. The monoisotopic (exact) mass is 238 g/mol. The number of nitrogens with one attached hydrogen (secondary N) is 1. The fourth-order valence-corrected chi connectivity index (χ4v) is 1.66. The molecule has 1 aliphatic rings. The van der Waals surface area contributed by atoms with Crippen molar-refractivity contribution >= 4 is 11.9 Å². The predicted molar refractivity (Wildman–Crippen MR) is 62.3 cm³/mol. The zero-order valence-corrected chi connectivity index (χ0v) is 10.1. The van der Waals surface area contributed by atoms with Crippen molar-refractivity contribution < 1.29 is 9.21 Å². The number of carbonyl (C=O) groups is 1. The molecule has 1 heterocycles. The summed E-state index contributed by atoms with van der Waals surface area (Å²) in [5.74, 6) is 0.809. The molecule has 1 saturated carbocycles. The minimum absolute atomic E-state index is 0.159. The number of hydrogen-bond donors (Lipinski definition) is 2. The second-order valence-electron chi connectivity index (χ2n) is 4.80. The van der Waals surface area contributed by atoms with E-state index < -0.39 is 0 Å². The van der Waals surface area contributed by atoms with Gasteiger partial charge >= 0.3 is 6.01 Å². The van der Waals surface area contributed by atoms with Crippen molar-refractivity contribution in [1.29, 1.82) is 0 Å². The Hall–Kier alpha value is -1.43. The first kappa shape index (κ1) is 12.0. The Morgan fingerprint density at radius 3 is 2.76 bits per heavy atom. The van der Waals surface area contributed by atoms with Crippen molar-refractivity contribution in [3.63, 3.8) is 0 Å². The fraction of sp³-hybridized carbons (Fsp3) is 0.727. The van der Waals surface area contributed by atoms with Gasteiger partial charge in [0.15, 0.2) is 0 Å². The molecule has 0 aliphatic heterocycles. The van der Waals surface area contributed by atoms with Gasteiger partial charge in [0.1, 0.15) is 0 Å². The number of rotatable bonds is 5. The van der Waals surface area contributed by atoms with Gasteiger partial charge in [0.05, 0.1) is 5.92 Å². The lowest BCUT2D eigenvalue weighted by atomic mass is 9.95. The Morgan fingerprint density at radius 2 is 2.24 bits per heavy atom. The number of carbonyl (C=O) groups excluding carboxylic acids is 1. The van der Waals surface area contributed by atoms with Crippen LogP contribution in [0.15, 0.2) is 4.42 Å². The Bertz CT molecular complexity index is 398. The Kier molecular flexibility index (Phi) is 3.42. The van der Waals surface area contributed by atoms with E-state index in [0.29, 0.717) is 18.4 Å². The minimum Gasteiger partial charge on any atom is -0.408 e. The topological polar surface area (TPSA) is 94.0 Å². The lowest BCUT2D eigenvalue weighted by molar-refractivity contribution is -0.120. The van der Waals surface area contributed by atoms with E-state index in [4.69, 9.17) is 10.2 Å². The summed E-state index contributed by atoms with van der Waals surface area (Å²) in [5.41, 5.74) is 5.56. The zero-order valence-electron chi connectivity index (χ0n) is 10.1. The molecule has 0 saturated heterocycles. The van der Waals surface area contributed by atoms with Crippen molar-refractivity contribution in [2.75, 3.05) is 11.9 Å². The molecule has 0 radical (unpaired) electrons. The predicted octanol–water partition coefficient (Wildman–Crippen LogP) is 1.12. The average Bonchev–Trinajstić information content (AvgIpc) is 3.01. The van der Waals surface area contributed by atoms with Gasteiger partial charge in [0, 0.05) is 12.5 Å². The summed E-state index contributed by atoms with van der Waals surface area (Å²) in [7, 11) is 0. The number of hydrogen-bond acceptors (Lipinski definition) is 5. The summed E-state index contributed by atoms with van der Waals surface area (Å²) < 4.78 is 5.36. The highest BCUT2D eigenvalue weighted by molar-refractivity contribution is 5.90. The van der Waals surface area contributed by atoms with Gasteiger partial charge in [0.2, 0.25) is 11.8 Å². The van der Waals surface area contributed by atoms with Gasteiger partial charge in [-0.25, -0.2) is 0 Å². The van der Waals surface area contributed by atoms with Crippen molar-refractivity contribution in [2.45, 2.75) is 32.6 Å². The van der Waals surface area contributed by atoms with E-state index in [1.165, 1.54) is 0 Å². The Morgan fingerprint density at radius 1 is 1.53 bits per heavy atom. The maximum Gasteiger partial charge on any atom is 0.322 e. The first-order valence-electron chi connectivity index (χ1n) is 5.96. The summed E-state index contributed by atoms with van der Waals surface area (Å²) >= 11 is 0. The summed E-state index contributed by atoms with van der Waals surface area (Å²) in [6, 6.07) is 0.177. The van der Waals surface area contributed by atoms with Crippen LogP contribution in [0.2, 0.25) is 0 Å². The molecule has 0 spiro atoms. The van der Waals surface area contributed by atoms with E-state index in [-0.39, 0.29) is 23.8 Å². The number of nitrogens with two attached hydrogens (primary N) is 1. The van der Waals surface area contributed by atoms with E-state index in [1.54, 1.807) is 0 Å². The normalized spacial score (nSPS) is 17.2. The smallest absolute Gasteiger partial charge is 0.322 e. The summed E-state index contributed by atoms with van der Waals surface area (Å²) in [6.45, 7) is 4.23. The van der Waals surface area contributed by atoms with Crippen LogP contribution in [0.1, 0.15) is 38.5 Å². The second-order valence-corrected chi connectivity index (χ2v) is 4.80. The fourth-order valence-electron chi connectivity index (χ4n) is 1.66. The van der Waals surface area contributed by atoms with Crippen LogP contribution in [0, 0.1) is 11.8 Å². The maximum absolute atomic E-state index is 11.9. The molecule has 17 heavy (non-hydrogen) atoms. The van der Waals surface area contributed by atoms with Crippen molar-refractivity contribution in [3.8, 4) is 0 Å². The Labute approximate surface area is 100.0 Å². The molecule has 1 unspecified atom stereocenters. The molecule has 0 bridgehead atoms. The number of amides is 1. The van der Waals surface area contributed by atoms with Crippen LogP contribution < -0.4 is 11.1 Å². The quantitative estimate of drug-likeness (QED) is 0.801. The zero-order chi connectivity index (χ0) is 12.4.